The molecule has 2 heterocycles. The minimum absolute atomic E-state index is 0.00584. The molecule has 1 N–H and O–H groups in total. The summed E-state index contributed by atoms with van der Waals surface area (Å²) >= 11 is 17.7. The van der Waals surface area contributed by atoms with Crippen LogP contribution in [0.25, 0.3) is 12.2 Å². The van der Waals surface area contributed by atoms with E-state index < -0.39 is 98.2 Å². The first kappa shape index (κ1) is 42.2. The zero-order valence-corrected chi connectivity index (χ0v) is 35.0. The Bertz CT molecular complexity index is 2640. The lowest BCUT2D eigenvalue weighted by Crippen LogP contribution is -2.60. The fraction of sp³-hybridized carbons (Fsp3) is 0.256. The first-order chi connectivity index (χ1) is 28.9. The van der Waals surface area contributed by atoms with Crippen molar-refractivity contribution in [2.24, 2.45) is 17.8 Å². The number of phenolic OH excluding ortho intramolecular Hbond substituents is 1. The second-order valence-electron chi connectivity index (χ2n) is 14.8. The van der Waals surface area contributed by atoms with Crippen LogP contribution >= 0.6 is 39.1 Å². The number of alkyl halides is 2. The number of halogens is 8. The topological polar surface area (TPSA) is 123 Å². The van der Waals surface area contributed by atoms with E-state index in [0.29, 0.717) is 17.1 Å². The van der Waals surface area contributed by atoms with Gasteiger partial charge in [-0.3, -0.25) is 24.1 Å². The van der Waals surface area contributed by atoms with Gasteiger partial charge in [0.2, 0.25) is 17.6 Å². The van der Waals surface area contributed by atoms with Crippen LogP contribution < -0.4 is 24.0 Å². The van der Waals surface area contributed by atoms with Gasteiger partial charge in [0.1, 0.15) is 17.2 Å². The molecule has 0 unspecified atom stereocenters. The van der Waals surface area contributed by atoms with E-state index in [1.807, 2.05) is 0 Å². The molecule has 0 aromatic heterocycles. The Balaban J connectivity index is 1.21. The Kier molecular flexibility index (Phi) is 10.5. The average molecular weight is 949 g/mol. The van der Waals surface area contributed by atoms with Crippen LogP contribution in [0.4, 0.5) is 33.3 Å². The van der Waals surface area contributed by atoms with Crippen LogP contribution in [0.2, 0.25) is 0 Å². The highest BCUT2D eigenvalue weighted by Crippen LogP contribution is 2.66. The summed E-state index contributed by atoms with van der Waals surface area (Å²) < 4.78 is 90.3. The third-order valence-corrected chi connectivity index (χ3v) is 13.9. The number of allylic oxidation sites excluding steroid dienone is 2. The number of amides is 4. The molecule has 0 bridgehead atoms. The molecule has 61 heavy (non-hydrogen) atoms. The third-order valence-electron chi connectivity index (χ3n) is 11.9. The molecule has 10 nitrogen and oxygen atoms in total. The molecule has 0 spiro atoms. The van der Waals surface area contributed by atoms with Crippen LogP contribution in [0.5, 0.6) is 23.0 Å². The summed E-state index contributed by atoms with van der Waals surface area (Å²) in [7, 11) is 4.29. The van der Waals surface area contributed by atoms with Gasteiger partial charge in [0.15, 0.2) is 44.5 Å². The number of anilines is 2. The van der Waals surface area contributed by atoms with Gasteiger partial charge >= 0.3 is 0 Å². The second-order valence-corrected chi connectivity index (χ2v) is 16.9. The summed E-state index contributed by atoms with van der Waals surface area (Å²) in [6.07, 6.45) is 4.40. The number of carbonyl (C=O) groups is 4. The van der Waals surface area contributed by atoms with Crippen LogP contribution in [0, 0.1) is 46.8 Å². The molecule has 2 aliphatic heterocycles. The minimum Gasteiger partial charge on any atom is -0.503 e. The Morgan fingerprint density at radius 3 is 2.02 bits per heavy atom. The minimum atomic E-state index is -2.76. The van der Waals surface area contributed by atoms with E-state index in [2.05, 4.69) is 15.9 Å². The van der Waals surface area contributed by atoms with Crippen LogP contribution in [0.15, 0.2) is 70.7 Å². The third kappa shape index (κ3) is 6.07. The summed E-state index contributed by atoms with van der Waals surface area (Å²) in [5.74, 6) is -21.2. The number of hydrogen-bond acceptors (Lipinski definition) is 8. The molecule has 0 radical (unpaired) electrons. The van der Waals surface area contributed by atoms with Crippen molar-refractivity contribution in [3.8, 4) is 23.0 Å². The smallest absolute Gasteiger partial charge is 0.258 e. The van der Waals surface area contributed by atoms with Gasteiger partial charge in [-0.1, -0.05) is 35.9 Å². The Hall–Kier alpha value is -5.45. The quantitative estimate of drug-likeness (QED) is 0.0354. The van der Waals surface area contributed by atoms with Crippen molar-refractivity contribution in [2.75, 3.05) is 31.1 Å². The molecule has 4 aliphatic rings. The van der Waals surface area contributed by atoms with E-state index in [9.17, 15) is 37.5 Å². The Morgan fingerprint density at radius 2 is 1.39 bits per heavy atom. The lowest BCUT2D eigenvalue weighted by molar-refractivity contribution is -0.125. The SMILES string of the molecule is COc1ccc(OC)c(C=Cc2ccc(N3C(=O)[C@H]4[C@H](CC=C5[C@H]4C[C@@]4(Cl)C(=O)N(c6c(F)c(F)c(F)c(F)c6F)C(=O)[C@@]4(Cl)[C@H]5c4cc(Br)c(O)c(OC)c4)C3=O)cc2)c1. The number of imide groups is 2. The van der Waals surface area contributed by atoms with Gasteiger partial charge in [-0.25, -0.2) is 26.9 Å². The number of carbonyl (C=O) groups excluding carboxylic acids is 4. The summed E-state index contributed by atoms with van der Waals surface area (Å²) in [6, 6.07) is 14.4. The number of fused-ring (bicyclic) bond motifs is 4. The van der Waals surface area contributed by atoms with Gasteiger partial charge in [-0.05, 0) is 88.3 Å². The van der Waals surface area contributed by atoms with Crippen molar-refractivity contribution in [3.63, 3.8) is 0 Å². The van der Waals surface area contributed by atoms with Crippen LogP contribution in [-0.2, 0) is 19.2 Å². The summed E-state index contributed by atoms with van der Waals surface area (Å²) in [4.78, 5) is 53.1. The maximum atomic E-state index is 15.4. The molecule has 8 rings (SSSR count). The molecular formula is C43H30BrCl2F5N2O8. The summed E-state index contributed by atoms with van der Waals surface area (Å²) in [6.45, 7) is 0. The maximum absolute atomic E-state index is 15.4. The molecule has 2 aliphatic carbocycles. The monoisotopic (exact) mass is 946 g/mol. The zero-order chi connectivity index (χ0) is 44.0. The Labute approximate surface area is 362 Å². The maximum Gasteiger partial charge on any atom is 0.258 e. The first-order valence-corrected chi connectivity index (χ1v) is 19.9. The van der Waals surface area contributed by atoms with E-state index in [1.165, 1.54) is 33.5 Å². The van der Waals surface area contributed by atoms with E-state index >= 15 is 8.78 Å². The number of methoxy groups -OCH3 is 3. The Morgan fingerprint density at radius 1 is 0.754 bits per heavy atom. The number of hydrogen-bond donors (Lipinski definition) is 1. The van der Waals surface area contributed by atoms with Crippen LogP contribution in [0.1, 0.15) is 35.4 Å². The lowest BCUT2D eigenvalue weighted by Gasteiger charge is -2.50. The number of benzene rings is 4. The number of rotatable bonds is 8. The van der Waals surface area contributed by atoms with E-state index in [-0.39, 0.29) is 44.1 Å². The van der Waals surface area contributed by atoms with Gasteiger partial charge in [0, 0.05) is 11.5 Å². The number of ether oxygens (including phenoxy) is 3. The van der Waals surface area contributed by atoms with Crippen molar-refractivity contribution < 1.29 is 60.4 Å². The second kappa shape index (κ2) is 15.2. The summed E-state index contributed by atoms with van der Waals surface area (Å²) in [5, 5.41) is 10.7. The van der Waals surface area contributed by atoms with E-state index in [1.54, 1.807) is 60.7 Å². The zero-order valence-electron chi connectivity index (χ0n) is 31.9. The van der Waals surface area contributed by atoms with Crippen molar-refractivity contribution in [1.29, 1.82) is 0 Å². The molecule has 1 saturated carbocycles. The van der Waals surface area contributed by atoms with Crippen LogP contribution in [0.3, 0.4) is 0 Å². The highest BCUT2D eigenvalue weighted by Gasteiger charge is 2.77. The van der Waals surface area contributed by atoms with Crippen molar-refractivity contribution in [1.82, 2.24) is 0 Å². The molecule has 4 amide bonds. The average Bonchev–Trinajstić information content (AvgIpc) is 3.59. The number of aromatic hydroxyl groups is 1. The lowest BCUT2D eigenvalue weighted by atomic mass is 9.56. The predicted molar refractivity (Wildman–Crippen MR) is 216 cm³/mol. The van der Waals surface area contributed by atoms with Crippen molar-refractivity contribution in [2.45, 2.75) is 28.5 Å². The highest BCUT2D eigenvalue weighted by molar-refractivity contribution is 9.10. The number of nitrogens with zero attached hydrogens (tertiary/aromatic N) is 2. The number of phenols is 1. The van der Waals surface area contributed by atoms with Gasteiger partial charge in [-0.2, -0.15) is 0 Å². The normalized spacial score (nSPS) is 25.8. The summed E-state index contributed by atoms with van der Waals surface area (Å²) in [5.41, 5.74) is 0.0220. The molecule has 316 valence electrons. The highest BCUT2D eigenvalue weighted by atomic mass is 79.9. The molecule has 4 aromatic carbocycles. The van der Waals surface area contributed by atoms with E-state index in [0.717, 1.165) is 10.5 Å². The van der Waals surface area contributed by atoms with Gasteiger partial charge in [0.05, 0.1) is 43.3 Å². The van der Waals surface area contributed by atoms with Crippen LogP contribution in [-0.4, -0.2) is 59.8 Å². The predicted octanol–water partition coefficient (Wildman–Crippen LogP) is 8.81. The van der Waals surface area contributed by atoms with Gasteiger partial charge in [-0.15, -0.1) is 23.2 Å². The van der Waals surface area contributed by atoms with Gasteiger partial charge in [0.25, 0.3) is 11.8 Å². The van der Waals surface area contributed by atoms with Gasteiger partial charge < -0.3 is 19.3 Å². The van der Waals surface area contributed by atoms with Crippen molar-refractivity contribution >= 4 is 86.3 Å². The molecule has 18 heteroatoms. The largest absolute Gasteiger partial charge is 0.503 e. The fourth-order valence-corrected chi connectivity index (χ4v) is 10.4. The molecule has 4 aromatic rings. The molecule has 2 saturated heterocycles. The fourth-order valence-electron chi connectivity index (χ4n) is 9.00. The standard InChI is InChI=1S/C43H30BrCl2F5N2O8/c1-59-22-10-13-27(60-2)19(14-22)7-4-18-5-8-21(9-6-18)52-38(55)24-12-11-23-25(29(24)39(52)56)17-42(45)40(57)53(36-34(50)32(48)31(47)33(49)35(36)51)41(58)43(42,46)30(23)20-15-26(44)37(54)28(16-20)61-3/h4-11,13-16,24-25,29-30,54H,12,17H2,1-3H3/t24-,25+,29-,30-,42+,43-/m0/s1. The molecular weight excluding hydrogens is 918 g/mol. The van der Waals surface area contributed by atoms with E-state index in [4.69, 9.17) is 37.4 Å². The molecule has 3 fully saturated rings. The molecule has 6 atom stereocenters. The first-order valence-electron chi connectivity index (χ1n) is 18.4. The van der Waals surface area contributed by atoms with Crippen molar-refractivity contribution in [3.05, 3.63) is 116 Å².